The van der Waals surface area contributed by atoms with Gasteiger partial charge in [-0.15, -0.1) is 0 Å². The number of hydrogen-bond donors (Lipinski definition) is 0. The normalized spacial score (nSPS) is 10.6. The van der Waals surface area contributed by atoms with Gasteiger partial charge in [-0.05, 0) is 36.8 Å². The molecule has 0 amide bonds. The zero-order valence-corrected chi connectivity index (χ0v) is 12.2. The SMILES string of the molecule is Cc1ccccc1-c1nn(-c2ccc(Cl)cc2)cc1C=O. The number of benzene rings is 2. The first-order valence-electron chi connectivity index (χ1n) is 6.56. The van der Waals surface area contributed by atoms with Gasteiger partial charge in [0.05, 0.1) is 11.3 Å². The molecular weight excluding hydrogens is 284 g/mol. The zero-order valence-electron chi connectivity index (χ0n) is 11.5. The van der Waals surface area contributed by atoms with Crippen LogP contribution >= 0.6 is 11.6 Å². The number of carbonyl (C=O) groups is 1. The molecule has 0 aliphatic rings. The van der Waals surface area contributed by atoms with Gasteiger partial charge in [-0.3, -0.25) is 4.79 Å². The Morgan fingerprint density at radius 3 is 2.48 bits per heavy atom. The van der Waals surface area contributed by atoms with Crippen molar-refractivity contribution in [1.29, 1.82) is 0 Å². The van der Waals surface area contributed by atoms with Crippen molar-refractivity contribution in [2.24, 2.45) is 0 Å². The molecule has 1 heterocycles. The predicted molar refractivity (Wildman–Crippen MR) is 84.1 cm³/mol. The molecular formula is C17H13ClN2O. The van der Waals surface area contributed by atoms with Crippen LogP contribution in [0.1, 0.15) is 15.9 Å². The van der Waals surface area contributed by atoms with E-state index in [4.69, 9.17) is 11.6 Å². The van der Waals surface area contributed by atoms with Crippen molar-refractivity contribution >= 4 is 17.9 Å². The monoisotopic (exact) mass is 296 g/mol. The third kappa shape index (κ3) is 2.60. The minimum Gasteiger partial charge on any atom is -0.298 e. The molecule has 0 saturated carbocycles. The molecule has 0 unspecified atom stereocenters. The van der Waals surface area contributed by atoms with Crippen molar-refractivity contribution in [3.05, 3.63) is 70.9 Å². The molecule has 3 aromatic rings. The highest BCUT2D eigenvalue weighted by molar-refractivity contribution is 6.30. The van der Waals surface area contributed by atoms with Crippen LogP contribution in [0.2, 0.25) is 5.02 Å². The summed E-state index contributed by atoms with van der Waals surface area (Å²) >= 11 is 5.89. The molecule has 4 heteroatoms. The van der Waals surface area contributed by atoms with Crippen molar-refractivity contribution in [3.8, 4) is 16.9 Å². The maximum atomic E-state index is 11.3. The van der Waals surface area contributed by atoms with Gasteiger partial charge < -0.3 is 0 Å². The largest absolute Gasteiger partial charge is 0.298 e. The summed E-state index contributed by atoms with van der Waals surface area (Å²) in [5.74, 6) is 0. The molecule has 0 N–H and O–H groups in total. The second-order valence-corrected chi connectivity index (χ2v) is 5.22. The average molecular weight is 297 g/mol. The Bertz CT molecular complexity index is 791. The summed E-state index contributed by atoms with van der Waals surface area (Å²) < 4.78 is 1.70. The Labute approximate surface area is 127 Å². The van der Waals surface area contributed by atoms with E-state index in [9.17, 15) is 4.79 Å². The van der Waals surface area contributed by atoms with Crippen LogP contribution in [-0.4, -0.2) is 16.1 Å². The molecule has 0 aliphatic heterocycles. The molecule has 21 heavy (non-hydrogen) atoms. The summed E-state index contributed by atoms with van der Waals surface area (Å²) in [6, 6.07) is 15.2. The van der Waals surface area contributed by atoms with Gasteiger partial charge in [0, 0.05) is 16.8 Å². The van der Waals surface area contributed by atoms with Crippen LogP contribution < -0.4 is 0 Å². The van der Waals surface area contributed by atoms with E-state index in [1.54, 1.807) is 23.0 Å². The smallest absolute Gasteiger partial charge is 0.153 e. The first-order valence-corrected chi connectivity index (χ1v) is 6.93. The van der Waals surface area contributed by atoms with Crippen molar-refractivity contribution < 1.29 is 4.79 Å². The molecule has 3 nitrogen and oxygen atoms in total. The van der Waals surface area contributed by atoms with Gasteiger partial charge in [-0.25, -0.2) is 4.68 Å². The van der Waals surface area contributed by atoms with E-state index in [0.29, 0.717) is 16.3 Å². The minimum absolute atomic E-state index is 0.569. The third-order valence-electron chi connectivity index (χ3n) is 3.36. The van der Waals surface area contributed by atoms with Crippen LogP contribution in [-0.2, 0) is 0 Å². The molecule has 0 fully saturated rings. The quantitative estimate of drug-likeness (QED) is 0.675. The maximum absolute atomic E-state index is 11.3. The first-order chi connectivity index (χ1) is 10.2. The first kappa shape index (κ1) is 13.6. The highest BCUT2D eigenvalue weighted by Crippen LogP contribution is 2.25. The van der Waals surface area contributed by atoms with Gasteiger partial charge >= 0.3 is 0 Å². The molecule has 0 saturated heterocycles. The molecule has 2 aromatic carbocycles. The van der Waals surface area contributed by atoms with E-state index in [0.717, 1.165) is 23.1 Å². The fourth-order valence-electron chi connectivity index (χ4n) is 2.25. The fourth-order valence-corrected chi connectivity index (χ4v) is 2.37. The van der Waals surface area contributed by atoms with E-state index in [1.807, 2.05) is 43.3 Å². The number of hydrogen-bond acceptors (Lipinski definition) is 2. The number of rotatable bonds is 3. The fraction of sp³-hybridized carbons (Fsp3) is 0.0588. The van der Waals surface area contributed by atoms with E-state index in [1.165, 1.54) is 0 Å². The van der Waals surface area contributed by atoms with Crippen LogP contribution in [0.5, 0.6) is 0 Å². The number of aromatic nitrogens is 2. The molecule has 1 aromatic heterocycles. The standard InChI is InChI=1S/C17H13ClN2O/c1-12-4-2-3-5-16(12)17-13(11-21)10-20(19-17)15-8-6-14(18)7-9-15/h2-11H,1H3. The predicted octanol–water partition coefficient (Wildman–Crippen LogP) is 4.31. The van der Waals surface area contributed by atoms with Crippen LogP contribution in [0.15, 0.2) is 54.7 Å². The molecule has 3 rings (SSSR count). The van der Waals surface area contributed by atoms with E-state index >= 15 is 0 Å². The molecule has 0 aliphatic carbocycles. The molecule has 0 spiro atoms. The molecule has 0 radical (unpaired) electrons. The summed E-state index contributed by atoms with van der Waals surface area (Å²) in [5.41, 5.74) is 4.17. The average Bonchev–Trinajstić information content (AvgIpc) is 2.92. The number of aryl methyl sites for hydroxylation is 1. The van der Waals surface area contributed by atoms with Crippen molar-refractivity contribution in [1.82, 2.24) is 9.78 Å². The van der Waals surface area contributed by atoms with Gasteiger partial charge in [0.25, 0.3) is 0 Å². The van der Waals surface area contributed by atoms with Crippen molar-refractivity contribution in [3.63, 3.8) is 0 Å². The van der Waals surface area contributed by atoms with Crippen molar-refractivity contribution in [2.75, 3.05) is 0 Å². The molecule has 0 atom stereocenters. The van der Waals surface area contributed by atoms with E-state index in [-0.39, 0.29) is 0 Å². The second-order valence-electron chi connectivity index (χ2n) is 4.79. The summed E-state index contributed by atoms with van der Waals surface area (Å²) in [6.07, 6.45) is 2.57. The molecule has 104 valence electrons. The van der Waals surface area contributed by atoms with E-state index in [2.05, 4.69) is 5.10 Å². The van der Waals surface area contributed by atoms with Crippen LogP contribution in [0, 0.1) is 6.92 Å². The third-order valence-corrected chi connectivity index (χ3v) is 3.61. The number of halogens is 1. The second kappa shape index (κ2) is 5.54. The number of aldehydes is 1. The zero-order chi connectivity index (χ0) is 14.8. The lowest BCUT2D eigenvalue weighted by molar-refractivity contribution is 0.112. The number of nitrogens with zero attached hydrogens (tertiary/aromatic N) is 2. The Morgan fingerprint density at radius 2 is 1.81 bits per heavy atom. The summed E-state index contributed by atoms with van der Waals surface area (Å²) in [4.78, 5) is 11.3. The van der Waals surface area contributed by atoms with Gasteiger partial charge in [-0.2, -0.15) is 5.10 Å². The van der Waals surface area contributed by atoms with Crippen LogP contribution in [0.4, 0.5) is 0 Å². The number of carbonyl (C=O) groups excluding carboxylic acids is 1. The van der Waals surface area contributed by atoms with E-state index < -0.39 is 0 Å². The van der Waals surface area contributed by atoms with Gasteiger partial charge in [0.2, 0.25) is 0 Å². The maximum Gasteiger partial charge on any atom is 0.153 e. The summed E-state index contributed by atoms with van der Waals surface area (Å²) in [7, 11) is 0. The lowest BCUT2D eigenvalue weighted by Crippen LogP contribution is -1.94. The van der Waals surface area contributed by atoms with Gasteiger partial charge in [0.1, 0.15) is 5.69 Å². The molecule has 0 bridgehead atoms. The van der Waals surface area contributed by atoms with Crippen LogP contribution in [0.3, 0.4) is 0 Å². The topological polar surface area (TPSA) is 34.9 Å². The van der Waals surface area contributed by atoms with Gasteiger partial charge in [-0.1, -0.05) is 35.9 Å². The van der Waals surface area contributed by atoms with Crippen LogP contribution in [0.25, 0.3) is 16.9 Å². The lowest BCUT2D eigenvalue weighted by atomic mass is 10.0. The minimum atomic E-state index is 0.569. The summed E-state index contributed by atoms with van der Waals surface area (Å²) in [6.45, 7) is 2.01. The van der Waals surface area contributed by atoms with Crippen molar-refractivity contribution in [2.45, 2.75) is 6.92 Å². The Morgan fingerprint density at radius 1 is 1.10 bits per heavy atom. The Hall–Kier alpha value is -2.39. The van der Waals surface area contributed by atoms with Gasteiger partial charge in [0.15, 0.2) is 6.29 Å². The highest BCUT2D eigenvalue weighted by atomic mass is 35.5. The highest BCUT2D eigenvalue weighted by Gasteiger charge is 2.13. The summed E-state index contributed by atoms with van der Waals surface area (Å²) in [5, 5.41) is 5.22. The Kier molecular flexibility index (Phi) is 3.59. The Balaban J connectivity index is 2.13. The lowest BCUT2D eigenvalue weighted by Gasteiger charge is -2.03.